The second-order valence-corrected chi connectivity index (χ2v) is 9.63. The first-order chi connectivity index (χ1) is 14.6. The van der Waals surface area contributed by atoms with Crippen LogP contribution >= 0.6 is 24.0 Å². The van der Waals surface area contributed by atoms with Gasteiger partial charge in [0.25, 0.3) is 5.91 Å². The Balaban J connectivity index is 0.00000363. The monoisotopic (exact) mass is 550 g/mol. The van der Waals surface area contributed by atoms with Gasteiger partial charge in [-0.2, -0.15) is 0 Å². The number of rotatable bonds is 4. The Morgan fingerprint density at radius 2 is 1.88 bits per heavy atom. The molecular formula is C25H35IN4O2. The van der Waals surface area contributed by atoms with E-state index in [-0.39, 0.29) is 47.1 Å². The van der Waals surface area contributed by atoms with Crippen molar-refractivity contribution in [2.45, 2.75) is 64.8 Å². The zero-order valence-corrected chi connectivity index (χ0v) is 22.1. The fraction of sp³-hybridized carbons (Fsp3) is 0.440. The SMILES string of the molecule is CN=C(NCc1cccc(C(=O)NC(C)(C)C)c1)NC1CC(C)(C)Oc2ccccc21.I. The molecule has 0 radical (unpaired) electrons. The molecule has 32 heavy (non-hydrogen) atoms. The van der Waals surface area contributed by atoms with Gasteiger partial charge >= 0.3 is 0 Å². The molecule has 0 aromatic heterocycles. The zero-order valence-electron chi connectivity index (χ0n) is 19.8. The number of benzene rings is 2. The van der Waals surface area contributed by atoms with E-state index in [2.05, 4.69) is 40.9 Å². The number of carbonyl (C=O) groups excluding carboxylic acids is 1. The van der Waals surface area contributed by atoms with Gasteiger partial charge in [0.15, 0.2) is 5.96 Å². The first kappa shape index (κ1) is 26.0. The molecular weight excluding hydrogens is 515 g/mol. The van der Waals surface area contributed by atoms with Crippen molar-refractivity contribution in [2.24, 2.45) is 4.99 Å². The predicted octanol–water partition coefficient (Wildman–Crippen LogP) is 4.80. The molecule has 1 aliphatic rings. The van der Waals surface area contributed by atoms with Crippen molar-refractivity contribution in [1.82, 2.24) is 16.0 Å². The van der Waals surface area contributed by atoms with Crippen molar-refractivity contribution < 1.29 is 9.53 Å². The van der Waals surface area contributed by atoms with E-state index in [1.807, 2.05) is 63.2 Å². The number of nitrogens with zero attached hydrogens (tertiary/aromatic N) is 1. The number of para-hydroxylation sites is 1. The van der Waals surface area contributed by atoms with Crippen LogP contribution < -0.4 is 20.7 Å². The Morgan fingerprint density at radius 3 is 2.56 bits per heavy atom. The highest BCUT2D eigenvalue weighted by atomic mass is 127. The number of amides is 1. The molecule has 3 N–H and O–H groups in total. The lowest BCUT2D eigenvalue weighted by molar-refractivity contribution is 0.0694. The van der Waals surface area contributed by atoms with Gasteiger partial charge in [0.05, 0.1) is 6.04 Å². The third-order valence-electron chi connectivity index (χ3n) is 5.05. The van der Waals surface area contributed by atoms with Crippen LogP contribution in [0.4, 0.5) is 0 Å². The van der Waals surface area contributed by atoms with Crippen LogP contribution in [0.3, 0.4) is 0 Å². The third kappa shape index (κ3) is 7.12. The molecule has 174 valence electrons. The van der Waals surface area contributed by atoms with Gasteiger partial charge in [-0.05, 0) is 58.4 Å². The molecule has 0 bridgehead atoms. The lowest BCUT2D eigenvalue weighted by Gasteiger charge is -2.38. The summed E-state index contributed by atoms with van der Waals surface area (Å²) >= 11 is 0. The number of guanidine groups is 1. The molecule has 0 saturated carbocycles. The largest absolute Gasteiger partial charge is 0.487 e. The second kappa shape index (κ2) is 10.6. The second-order valence-electron chi connectivity index (χ2n) is 9.63. The summed E-state index contributed by atoms with van der Waals surface area (Å²) in [6, 6.07) is 15.9. The zero-order chi connectivity index (χ0) is 22.6. The normalized spacial score (nSPS) is 17.3. The molecule has 1 atom stereocenters. The van der Waals surface area contributed by atoms with Gasteiger partial charge in [0, 0.05) is 36.7 Å². The van der Waals surface area contributed by atoms with Gasteiger partial charge in [-0.3, -0.25) is 9.79 Å². The minimum atomic E-state index is -0.273. The van der Waals surface area contributed by atoms with Crippen molar-refractivity contribution in [2.75, 3.05) is 7.05 Å². The standard InChI is InChI=1S/C25H34N4O2.HI/c1-24(2,3)29-22(30)18-11-9-10-17(14-18)16-27-23(26-6)28-20-15-25(4,5)31-21-13-8-7-12-19(20)21;/h7-14,20H,15-16H2,1-6H3,(H,29,30)(H2,26,27,28);1H. The van der Waals surface area contributed by atoms with Crippen molar-refractivity contribution in [3.05, 3.63) is 65.2 Å². The van der Waals surface area contributed by atoms with Gasteiger partial charge in [-0.25, -0.2) is 0 Å². The summed E-state index contributed by atoms with van der Waals surface area (Å²) in [6.45, 7) is 10.7. The van der Waals surface area contributed by atoms with E-state index in [4.69, 9.17) is 4.74 Å². The van der Waals surface area contributed by atoms with Crippen LogP contribution in [0.25, 0.3) is 0 Å². The quantitative estimate of drug-likeness (QED) is 0.291. The summed E-state index contributed by atoms with van der Waals surface area (Å²) in [5, 5.41) is 9.91. The van der Waals surface area contributed by atoms with E-state index in [0.717, 1.165) is 23.3 Å². The van der Waals surface area contributed by atoms with E-state index < -0.39 is 0 Å². The lowest BCUT2D eigenvalue weighted by Crippen LogP contribution is -2.45. The highest BCUT2D eigenvalue weighted by molar-refractivity contribution is 14.0. The molecule has 1 heterocycles. The molecule has 6 nitrogen and oxygen atoms in total. The highest BCUT2D eigenvalue weighted by Gasteiger charge is 2.33. The van der Waals surface area contributed by atoms with Crippen LogP contribution in [0.5, 0.6) is 5.75 Å². The highest BCUT2D eigenvalue weighted by Crippen LogP contribution is 2.39. The first-order valence-corrected chi connectivity index (χ1v) is 10.7. The number of nitrogens with one attached hydrogen (secondary N) is 3. The fourth-order valence-electron chi connectivity index (χ4n) is 3.71. The number of halogens is 1. The summed E-state index contributed by atoms with van der Waals surface area (Å²) in [5.41, 5.74) is 2.25. The Bertz CT molecular complexity index is 966. The minimum absolute atomic E-state index is 0. The molecule has 0 saturated heterocycles. The Labute approximate surface area is 208 Å². The summed E-state index contributed by atoms with van der Waals surface area (Å²) in [6.07, 6.45) is 0.827. The van der Waals surface area contributed by atoms with E-state index in [1.54, 1.807) is 7.05 Å². The van der Waals surface area contributed by atoms with Crippen LogP contribution in [0, 0.1) is 0 Å². The van der Waals surface area contributed by atoms with Gasteiger partial charge in [0.2, 0.25) is 0 Å². The fourth-order valence-corrected chi connectivity index (χ4v) is 3.71. The van der Waals surface area contributed by atoms with Crippen molar-refractivity contribution in [3.63, 3.8) is 0 Å². The number of fused-ring (bicyclic) bond motifs is 1. The lowest BCUT2D eigenvalue weighted by atomic mass is 9.90. The number of hydrogen-bond donors (Lipinski definition) is 3. The van der Waals surface area contributed by atoms with E-state index in [9.17, 15) is 4.79 Å². The molecule has 1 amide bonds. The molecule has 0 spiro atoms. The third-order valence-corrected chi connectivity index (χ3v) is 5.05. The number of hydrogen-bond acceptors (Lipinski definition) is 3. The minimum Gasteiger partial charge on any atom is -0.487 e. The maximum absolute atomic E-state index is 12.5. The first-order valence-electron chi connectivity index (χ1n) is 10.7. The van der Waals surface area contributed by atoms with Crippen LogP contribution in [-0.4, -0.2) is 30.1 Å². The Morgan fingerprint density at radius 1 is 1.16 bits per heavy atom. The van der Waals surface area contributed by atoms with Crippen LogP contribution in [0.15, 0.2) is 53.5 Å². The van der Waals surface area contributed by atoms with Gasteiger partial charge < -0.3 is 20.7 Å². The smallest absolute Gasteiger partial charge is 0.251 e. The van der Waals surface area contributed by atoms with Crippen molar-refractivity contribution in [3.8, 4) is 5.75 Å². The van der Waals surface area contributed by atoms with Crippen LogP contribution in [0.1, 0.15) is 68.6 Å². The van der Waals surface area contributed by atoms with Gasteiger partial charge in [-0.15, -0.1) is 24.0 Å². The average molecular weight is 550 g/mol. The van der Waals surface area contributed by atoms with E-state index in [0.29, 0.717) is 18.1 Å². The molecule has 1 unspecified atom stereocenters. The van der Waals surface area contributed by atoms with Crippen LogP contribution in [0.2, 0.25) is 0 Å². The van der Waals surface area contributed by atoms with E-state index in [1.165, 1.54) is 0 Å². The maximum Gasteiger partial charge on any atom is 0.251 e. The van der Waals surface area contributed by atoms with Crippen molar-refractivity contribution >= 4 is 35.8 Å². The molecule has 1 aliphatic heterocycles. The number of carbonyl (C=O) groups is 1. The summed E-state index contributed by atoms with van der Waals surface area (Å²) in [7, 11) is 1.76. The number of ether oxygens (including phenoxy) is 1. The molecule has 3 rings (SSSR count). The van der Waals surface area contributed by atoms with Gasteiger partial charge in [0.1, 0.15) is 11.4 Å². The van der Waals surface area contributed by atoms with E-state index >= 15 is 0 Å². The predicted molar refractivity (Wildman–Crippen MR) is 141 cm³/mol. The molecule has 0 fully saturated rings. The Hall–Kier alpha value is -2.29. The van der Waals surface area contributed by atoms with Crippen molar-refractivity contribution in [1.29, 1.82) is 0 Å². The topological polar surface area (TPSA) is 74.8 Å². The van der Waals surface area contributed by atoms with Gasteiger partial charge in [-0.1, -0.05) is 30.3 Å². The molecule has 2 aromatic rings. The molecule has 7 heteroatoms. The molecule has 0 aliphatic carbocycles. The summed E-state index contributed by atoms with van der Waals surface area (Å²) < 4.78 is 6.13. The van der Waals surface area contributed by atoms with Crippen LogP contribution in [-0.2, 0) is 6.54 Å². The maximum atomic E-state index is 12.5. The average Bonchev–Trinajstić information content (AvgIpc) is 2.69. The number of aliphatic imine (C=N–C) groups is 1. The summed E-state index contributed by atoms with van der Waals surface area (Å²) in [5.74, 6) is 1.55. The molecule has 2 aromatic carbocycles. The summed E-state index contributed by atoms with van der Waals surface area (Å²) in [4.78, 5) is 16.9. The Kier molecular flexibility index (Phi) is 8.56.